The number of hydrogen-bond donors (Lipinski definition) is 0. The molecule has 1 rings (SSSR count). The fraction of sp³-hybridized carbons (Fsp3) is 0.455. The average Bonchev–Trinajstić information content (AvgIpc) is 2.07. The molecule has 0 spiro atoms. The minimum absolute atomic E-state index is 0.692. The summed E-state index contributed by atoms with van der Waals surface area (Å²) >= 11 is 0. The molecule has 0 bridgehead atoms. The third-order valence-corrected chi connectivity index (χ3v) is 2.02. The molecule has 0 aliphatic heterocycles. The topological polar surface area (TPSA) is 0 Å². The van der Waals surface area contributed by atoms with Crippen LogP contribution in [0.25, 0.3) is 0 Å². The van der Waals surface area contributed by atoms with Crippen molar-refractivity contribution >= 4 is 0 Å². The van der Waals surface area contributed by atoms with Crippen LogP contribution in [0.5, 0.6) is 0 Å². The van der Waals surface area contributed by atoms with Gasteiger partial charge in [-0.25, -0.2) is 0 Å². The number of benzene rings is 1. The van der Waals surface area contributed by atoms with Crippen LogP contribution in [0.2, 0.25) is 0 Å². The quantitative estimate of drug-likeness (QED) is 0.614. The van der Waals surface area contributed by atoms with Crippen molar-refractivity contribution < 1.29 is 0 Å². The molecule has 1 aromatic carbocycles. The minimum Gasteiger partial charge on any atom is -0.0654 e. The number of rotatable bonds is 3. The Morgan fingerprint density at radius 2 is 2.36 bits per heavy atom. The van der Waals surface area contributed by atoms with Crippen LogP contribution < -0.4 is 0 Å². The van der Waals surface area contributed by atoms with Crippen LogP contribution >= 0.6 is 0 Å². The molecule has 11 heavy (non-hydrogen) atoms. The average molecular weight is 147 g/mol. The molecule has 0 N–H and O–H groups in total. The highest BCUT2D eigenvalue weighted by molar-refractivity contribution is 5.17. The van der Waals surface area contributed by atoms with E-state index < -0.39 is 0 Å². The van der Waals surface area contributed by atoms with Gasteiger partial charge in [0.1, 0.15) is 0 Å². The maximum atomic E-state index is 3.10. The first kappa shape index (κ1) is 8.32. The molecule has 1 atom stereocenters. The Balaban J connectivity index is 2.61. The fourth-order valence-electron chi connectivity index (χ4n) is 1.31. The minimum atomic E-state index is 0.692. The molecule has 0 aromatic heterocycles. The van der Waals surface area contributed by atoms with Gasteiger partial charge in [-0.15, -0.1) is 0 Å². The predicted molar refractivity (Wildman–Crippen MR) is 48.6 cm³/mol. The highest BCUT2D eigenvalue weighted by Crippen LogP contribution is 2.18. The van der Waals surface area contributed by atoms with E-state index in [4.69, 9.17) is 0 Å². The van der Waals surface area contributed by atoms with Crippen molar-refractivity contribution in [2.45, 2.75) is 32.6 Å². The van der Waals surface area contributed by atoms with E-state index in [1.54, 1.807) is 0 Å². The lowest BCUT2D eigenvalue weighted by molar-refractivity contribution is 0.665. The van der Waals surface area contributed by atoms with Crippen LogP contribution in [0.4, 0.5) is 0 Å². The van der Waals surface area contributed by atoms with Gasteiger partial charge < -0.3 is 0 Å². The van der Waals surface area contributed by atoms with E-state index in [1.165, 1.54) is 18.4 Å². The Kier molecular flexibility index (Phi) is 3.15. The summed E-state index contributed by atoms with van der Waals surface area (Å²) in [6, 6.07) is 11.4. The molecule has 0 amide bonds. The molecule has 0 aliphatic rings. The zero-order valence-electron chi connectivity index (χ0n) is 7.30. The maximum absolute atomic E-state index is 3.10. The van der Waals surface area contributed by atoms with Crippen LogP contribution in [-0.4, -0.2) is 0 Å². The van der Waals surface area contributed by atoms with Crippen molar-refractivity contribution in [3.63, 3.8) is 0 Å². The Labute approximate surface area is 69.3 Å². The molecule has 0 saturated carbocycles. The monoisotopic (exact) mass is 147 g/mol. The Morgan fingerprint density at radius 1 is 1.55 bits per heavy atom. The van der Waals surface area contributed by atoms with E-state index in [0.29, 0.717) is 5.92 Å². The molecule has 59 valence electrons. The van der Waals surface area contributed by atoms with Gasteiger partial charge >= 0.3 is 0 Å². The second-order valence-electron chi connectivity index (χ2n) is 3.03. The van der Waals surface area contributed by atoms with E-state index in [2.05, 4.69) is 38.1 Å². The lowest BCUT2D eigenvalue weighted by Gasteiger charge is -2.08. The van der Waals surface area contributed by atoms with Gasteiger partial charge in [0.25, 0.3) is 0 Å². The molecule has 1 aromatic rings. The van der Waals surface area contributed by atoms with Gasteiger partial charge in [0.2, 0.25) is 0 Å². The summed E-state index contributed by atoms with van der Waals surface area (Å²) in [6.07, 6.45) is 2.54. The summed E-state index contributed by atoms with van der Waals surface area (Å²) in [5.41, 5.74) is 1.41. The molecule has 0 heteroatoms. The van der Waals surface area contributed by atoms with Crippen LogP contribution in [0, 0.1) is 6.07 Å². The summed E-state index contributed by atoms with van der Waals surface area (Å²) < 4.78 is 0. The van der Waals surface area contributed by atoms with Gasteiger partial charge in [-0.3, -0.25) is 0 Å². The third-order valence-electron chi connectivity index (χ3n) is 2.02. The summed E-state index contributed by atoms with van der Waals surface area (Å²) in [4.78, 5) is 0. The SMILES string of the molecule is CCCC(C)c1c[c]ccc1. The molecule has 0 nitrogen and oxygen atoms in total. The highest BCUT2D eigenvalue weighted by Gasteiger charge is 2.01. The lowest BCUT2D eigenvalue weighted by atomic mass is 9.97. The van der Waals surface area contributed by atoms with Crippen molar-refractivity contribution in [2.24, 2.45) is 0 Å². The molecule has 0 heterocycles. The highest BCUT2D eigenvalue weighted by atomic mass is 14.1. The van der Waals surface area contributed by atoms with Gasteiger partial charge in [-0.1, -0.05) is 44.5 Å². The second-order valence-corrected chi connectivity index (χ2v) is 3.03. The maximum Gasteiger partial charge on any atom is -0.0181 e. The summed E-state index contributed by atoms with van der Waals surface area (Å²) in [6.45, 7) is 4.50. The largest absolute Gasteiger partial charge is 0.0654 e. The molecular weight excluding hydrogens is 132 g/mol. The molecule has 0 aliphatic carbocycles. The van der Waals surface area contributed by atoms with Crippen molar-refractivity contribution in [1.29, 1.82) is 0 Å². The Bertz CT molecular complexity index is 188. The van der Waals surface area contributed by atoms with Crippen molar-refractivity contribution in [2.75, 3.05) is 0 Å². The van der Waals surface area contributed by atoms with Gasteiger partial charge in [-0.2, -0.15) is 0 Å². The standard InChI is InChI=1S/C11H15/c1-3-7-10(2)11-8-5-4-6-9-11/h4-5,8-10H,3,7H2,1-2H3. The fourth-order valence-corrected chi connectivity index (χ4v) is 1.31. The first-order chi connectivity index (χ1) is 5.34. The second kappa shape index (κ2) is 4.17. The van der Waals surface area contributed by atoms with Gasteiger partial charge in [0.15, 0.2) is 0 Å². The molecule has 1 radical (unpaired) electrons. The van der Waals surface area contributed by atoms with Crippen LogP contribution in [-0.2, 0) is 0 Å². The summed E-state index contributed by atoms with van der Waals surface area (Å²) in [7, 11) is 0. The van der Waals surface area contributed by atoms with E-state index in [9.17, 15) is 0 Å². The molecule has 0 saturated heterocycles. The van der Waals surface area contributed by atoms with Crippen molar-refractivity contribution in [1.82, 2.24) is 0 Å². The van der Waals surface area contributed by atoms with E-state index in [-0.39, 0.29) is 0 Å². The van der Waals surface area contributed by atoms with Gasteiger partial charge in [0.05, 0.1) is 0 Å². The zero-order chi connectivity index (χ0) is 8.10. The van der Waals surface area contributed by atoms with Crippen LogP contribution in [0.3, 0.4) is 0 Å². The zero-order valence-corrected chi connectivity index (χ0v) is 7.30. The Hall–Kier alpha value is -0.780. The van der Waals surface area contributed by atoms with E-state index in [0.717, 1.165) is 0 Å². The van der Waals surface area contributed by atoms with Crippen molar-refractivity contribution in [3.8, 4) is 0 Å². The first-order valence-corrected chi connectivity index (χ1v) is 4.30. The summed E-state index contributed by atoms with van der Waals surface area (Å²) in [5.74, 6) is 0.692. The van der Waals surface area contributed by atoms with E-state index >= 15 is 0 Å². The van der Waals surface area contributed by atoms with Crippen LogP contribution in [0.15, 0.2) is 24.3 Å². The summed E-state index contributed by atoms with van der Waals surface area (Å²) in [5, 5.41) is 0. The molecule has 1 unspecified atom stereocenters. The molecular formula is C11H15. The van der Waals surface area contributed by atoms with Gasteiger partial charge in [0, 0.05) is 0 Å². The van der Waals surface area contributed by atoms with Gasteiger partial charge in [-0.05, 0) is 24.0 Å². The van der Waals surface area contributed by atoms with Crippen LogP contribution in [0.1, 0.15) is 38.2 Å². The first-order valence-electron chi connectivity index (χ1n) is 4.30. The number of hydrogen-bond acceptors (Lipinski definition) is 0. The predicted octanol–water partition coefficient (Wildman–Crippen LogP) is 3.39. The smallest absolute Gasteiger partial charge is 0.0181 e. The van der Waals surface area contributed by atoms with Crippen molar-refractivity contribution in [3.05, 3.63) is 35.9 Å². The van der Waals surface area contributed by atoms with E-state index in [1.807, 2.05) is 6.07 Å². The third kappa shape index (κ3) is 2.38. The lowest BCUT2D eigenvalue weighted by Crippen LogP contribution is -1.91. The molecule has 0 fully saturated rings. The normalized spacial score (nSPS) is 12.9. The Morgan fingerprint density at radius 3 is 2.91 bits per heavy atom.